The van der Waals surface area contributed by atoms with Gasteiger partial charge in [-0.25, -0.2) is 9.97 Å². The highest BCUT2D eigenvalue weighted by atomic mass is 32.1. The van der Waals surface area contributed by atoms with Crippen LogP contribution in [0, 0.1) is 5.92 Å². The van der Waals surface area contributed by atoms with E-state index in [1.54, 1.807) is 11.3 Å². The maximum Gasteiger partial charge on any atom is 0.188 e. The molecule has 0 saturated heterocycles. The Kier molecular flexibility index (Phi) is 5.57. The number of aliphatic imine (C=N–C) groups is 1. The maximum absolute atomic E-state index is 5.81. The number of thiazole rings is 1. The SMILES string of the molecule is NCC1CCC(c2cccc(Nc3ncc(C4C=NCNC4)s3)n2)CC1. The number of nitrogens with two attached hydrogens (primary N) is 1. The molecule has 6 nitrogen and oxygen atoms in total. The predicted molar refractivity (Wildman–Crippen MR) is 107 cm³/mol. The van der Waals surface area contributed by atoms with Crippen LogP contribution in [0.5, 0.6) is 0 Å². The molecule has 7 heteroatoms. The normalized spacial score (nSPS) is 26.0. The van der Waals surface area contributed by atoms with Crippen molar-refractivity contribution in [1.29, 1.82) is 0 Å². The van der Waals surface area contributed by atoms with Crippen molar-refractivity contribution in [3.8, 4) is 0 Å². The lowest BCUT2D eigenvalue weighted by atomic mass is 9.80. The predicted octanol–water partition coefficient (Wildman–Crippen LogP) is 3.23. The van der Waals surface area contributed by atoms with E-state index in [1.165, 1.54) is 36.3 Å². The monoisotopic (exact) mass is 370 g/mol. The molecule has 1 unspecified atom stereocenters. The van der Waals surface area contributed by atoms with Gasteiger partial charge in [0.25, 0.3) is 0 Å². The summed E-state index contributed by atoms with van der Waals surface area (Å²) in [5, 5.41) is 7.54. The van der Waals surface area contributed by atoms with Crippen LogP contribution in [0.3, 0.4) is 0 Å². The third kappa shape index (κ3) is 4.11. The molecule has 1 fully saturated rings. The molecule has 138 valence electrons. The van der Waals surface area contributed by atoms with Crippen molar-refractivity contribution >= 4 is 28.5 Å². The van der Waals surface area contributed by atoms with Gasteiger partial charge in [-0.1, -0.05) is 6.07 Å². The Morgan fingerprint density at radius 3 is 2.88 bits per heavy atom. The molecule has 1 aliphatic heterocycles. The number of rotatable bonds is 5. The van der Waals surface area contributed by atoms with Crippen LogP contribution in [0.1, 0.15) is 48.1 Å². The molecule has 26 heavy (non-hydrogen) atoms. The highest BCUT2D eigenvalue weighted by Crippen LogP contribution is 2.35. The van der Waals surface area contributed by atoms with E-state index in [9.17, 15) is 0 Å². The first-order valence-electron chi connectivity index (χ1n) is 9.42. The highest BCUT2D eigenvalue weighted by Gasteiger charge is 2.22. The van der Waals surface area contributed by atoms with Gasteiger partial charge in [0, 0.05) is 41.4 Å². The molecule has 3 heterocycles. The van der Waals surface area contributed by atoms with Gasteiger partial charge in [0.2, 0.25) is 0 Å². The van der Waals surface area contributed by atoms with Gasteiger partial charge in [0.15, 0.2) is 5.13 Å². The molecular formula is C19H26N6S. The summed E-state index contributed by atoms with van der Waals surface area (Å²) in [5.74, 6) is 2.43. The Labute approximate surface area is 158 Å². The fourth-order valence-electron chi connectivity index (χ4n) is 3.76. The number of nitrogens with zero attached hydrogens (tertiary/aromatic N) is 3. The zero-order chi connectivity index (χ0) is 17.8. The van der Waals surface area contributed by atoms with Crippen LogP contribution in [0.2, 0.25) is 0 Å². The second kappa shape index (κ2) is 8.24. The summed E-state index contributed by atoms with van der Waals surface area (Å²) in [5.41, 5.74) is 7.00. The molecule has 1 aliphatic carbocycles. The summed E-state index contributed by atoms with van der Waals surface area (Å²) >= 11 is 1.67. The van der Waals surface area contributed by atoms with Gasteiger partial charge in [-0.15, -0.1) is 11.3 Å². The molecule has 2 aliphatic rings. The number of hydrogen-bond acceptors (Lipinski definition) is 7. The molecule has 2 aromatic heterocycles. The first-order valence-corrected chi connectivity index (χ1v) is 10.2. The molecule has 0 bridgehead atoms. The molecular weight excluding hydrogens is 344 g/mol. The fourth-order valence-corrected chi connectivity index (χ4v) is 4.64. The van der Waals surface area contributed by atoms with Crippen LogP contribution in [0.4, 0.5) is 10.9 Å². The van der Waals surface area contributed by atoms with Crippen molar-refractivity contribution < 1.29 is 0 Å². The Morgan fingerprint density at radius 2 is 2.12 bits per heavy atom. The third-order valence-corrected chi connectivity index (χ3v) is 6.39. The maximum atomic E-state index is 5.81. The topological polar surface area (TPSA) is 88.2 Å². The van der Waals surface area contributed by atoms with Crippen molar-refractivity contribution in [2.45, 2.75) is 37.5 Å². The van der Waals surface area contributed by atoms with Gasteiger partial charge in [0.05, 0.1) is 6.67 Å². The number of nitrogens with one attached hydrogen (secondary N) is 2. The summed E-state index contributed by atoms with van der Waals surface area (Å²) in [6, 6.07) is 6.25. The summed E-state index contributed by atoms with van der Waals surface area (Å²) in [4.78, 5) is 14.9. The van der Waals surface area contributed by atoms with E-state index in [1.807, 2.05) is 18.5 Å². The number of aromatic nitrogens is 2. The van der Waals surface area contributed by atoms with Crippen molar-refractivity contribution in [3.05, 3.63) is 35.0 Å². The van der Waals surface area contributed by atoms with E-state index in [4.69, 9.17) is 10.7 Å². The van der Waals surface area contributed by atoms with Gasteiger partial charge >= 0.3 is 0 Å². The van der Waals surface area contributed by atoms with Crippen LogP contribution in [0.15, 0.2) is 29.4 Å². The molecule has 0 aromatic carbocycles. The van der Waals surface area contributed by atoms with Crippen molar-refractivity contribution in [1.82, 2.24) is 15.3 Å². The third-order valence-electron chi connectivity index (χ3n) is 5.35. The van der Waals surface area contributed by atoms with E-state index in [0.29, 0.717) is 24.4 Å². The average molecular weight is 371 g/mol. The quantitative estimate of drug-likeness (QED) is 0.752. The smallest absolute Gasteiger partial charge is 0.188 e. The molecule has 4 N–H and O–H groups in total. The average Bonchev–Trinajstić information content (AvgIpc) is 3.17. The molecule has 0 spiro atoms. The number of hydrogen-bond donors (Lipinski definition) is 3. The number of anilines is 2. The minimum Gasteiger partial charge on any atom is -0.330 e. The zero-order valence-electron chi connectivity index (χ0n) is 14.9. The van der Waals surface area contributed by atoms with Crippen molar-refractivity contribution in [3.63, 3.8) is 0 Å². The standard InChI is InChI=1S/C19H26N6S/c20-8-13-4-6-14(7-5-13)16-2-1-3-18(24-16)25-19-23-11-17(26-19)15-9-21-12-22-10-15/h1-3,9,11,13-15,22H,4-8,10,12,20H2,(H,23,24,25). The molecule has 4 rings (SSSR count). The summed E-state index contributed by atoms with van der Waals surface area (Å²) < 4.78 is 0. The first-order chi connectivity index (χ1) is 12.8. The lowest BCUT2D eigenvalue weighted by Crippen LogP contribution is -2.26. The van der Waals surface area contributed by atoms with Gasteiger partial charge in [-0.2, -0.15) is 0 Å². The number of pyridine rings is 1. The Hall–Kier alpha value is -1.83. The minimum absolute atomic E-state index is 0.314. The van der Waals surface area contributed by atoms with Crippen LogP contribution >= 0.6 is 11.3 Å². The molecule has 0 amide bonds. The zero-order valence-corrected chi connectivity index (χ0v) is 15.7. The van der Waals surface area contributed by atoms with Gasteiger partial charge in [-0.05, 0) is 50.3 Å². The first kappa shape index (κ1) is 17.6. The Morgan fingerprint density at radius 1 is 1.23 bits per heavy atom. The van der Waals surface area contributed by atoms with Crippen LogP contribution in [-0.2, 0) is 0 Å². The van der Waals surface area contributed by atoms with E-state index in [-0.39, 0.29) is 0 Å². The largest absolute Gasteiger partial charge is 0.330 e. The Balaban J connectivity index is 1.42. The second-order valence-electron chi connectivity index (χ2n) is 7.14. The second-order valence-corrected chi connectivity index (χ2v) is 8.21. The van der Waals surface area contributed by atoms with E-state index in [0.717, 1.165) is 24.0 Å². The van der Waals surface area contributed by atoms with Gasteiger partial charge < -0.3 is 11.1 Å². The molecule has 2 aromatic rings. The lowest BCUT2D eigenvalue weighted by Gasteiger charge is -2.27. The summed E-state index contributed by atoms with van der Waals surface area (Å²) in [6.07, 6.45) is 8.76. The van der Waals surface area contributed by atoms with E-state index < -0.39 is 0 Å². The highest BCUT2D eigenvalue weighted by molar-refractivity contribution is 7.15. The fraction of sp³-hybridized carbons (Fsp3) is 0.526. The van der Waals surface area contributed by atoms with Gasteiger partial charge in [0.1, 0.15) is 5.82 Å². The molecule has 0 radical (unpaired) electrons. The molecule has 1 saturated carbocycles. The van der Waals surface area contributed by atoms with E-state index >= 15 is 0 Å². The van der Waals surface area contributed by atoms with Gasteiger partial charge in [-0.3, -0.25) is 10.3 Å². The minimum atomic E-state index is 0.314. The van der Waals surface area contributed by atoms with E-state index in [2.05, 4.69) is 32.7 Å². The summed E-state index contributed by atoms with van der Waals surface area (Å²) in [7, 11) is 0. The van der Waals surface area contributed by atoms with Crippen LogP contribution in [0.25, 0.3) is 0 Å². The van der Waals surface area contributed by atoms with Crippen molar-refractivity contribution in [2.75, 3.05) is 25.1 Å². The van der Waals surface area contributed by atoms with Crippen LogP contribution < -0.4 is 16.4 Å². The molecule has 1 atom stereocenters. The summed E-state index contributed by atoms with van der Waals surface area (Å²) in [6.45, 7) is 2.45. The van der Waals surface area contributed by atoms with Crippen LogP contribution in [-0.4, -0.2) is 35.9 Å². The lowest BCUT2D eigenvalue weighted by molar-refractivity contribution is 0.329. The Bertz CT molecular complexity index is 750. The van der Waals surface area contributed by atoms with Crippen molar-refractivity contribution in [2.24, 2.45) is 16.6 Å².